The molecular weight excluding hydrogens is 333 g/mol. The average molecular weight is 350 g/mol. The number of aromatic nitrogens is 2. The minimum atomic E-state index is -0.419. The number of hydrogen-bond acceptors (Lipinski definition) is 3. The Bertz CT molecular complexity index is 828. The van der Waals surface area contributed by atoms with E-state index in [4.69, 9.17) is 9.47 Å². The van der Waals surface area contributed by atoms with Crippen LogP contribution in [0.3, 0.4) is 0 Å². The van der Waals surface area contributed by atoms with E-state index in [1.807, 2.05) is 24.4 Å². The number of halogens is 2. The molecule has 2 aromatic heterocycles. The molecule has 126 valence electrons. The molecule has 3 rings (SSSR count). The first-order chi connectivity index (χ1) is 11.2. The summed E-state index contributed by atoms with van der Waals surface area (Å²) in [6.45, 7) is 0. The average Bonchev–Trinajstić information content (AvgIpc) is 3.23. The van der Waals surface area contributed by atoms with Crippen molar-refractivity contribution in [2.75, 3.05) is 14.2 Å². The predicted octanol–water partition coefficient (Wildman–Crippen LogP) is 4.34. The van der Waals surface area contributed by atoms with Gasteiger partial charge in [0.05, 0.1) is 43.2 Å². The molecule has 2 heterocycles. The van der Waals surface area contributed by atoms with Gasteiger partial charge >= 0.3 is 0 Å². The van der Waals surface area contributed by atoms with Gasteiger partial charge in [0.15, 0.2) is 11.6 Å². The minimum absolute atomic E-state index is 0. The molecule has 0 bridgehead atoms. The van der Waals surface area contributed by atoms with Crippen molar-refractivity contribution >= 4 is 24.3 Å². The van der Waals surface area contributed by atoms with E-state index in [0.29, 0.717) is 11.4 Å². The smallest absolute Gasteiger partial charge is 0.165 e. The van der Waals surface area contributed by atoms with Crippen molar-refractivity contribution < 1.29 is 13.9 Å². The molecule has 0 aliphatic carbocycles. The molecule has 0 saturated heterocycles. The number of aliphatic imine (C=N–C) groups is 1. The number of nitrogens with one attached hydrogen (secondary N) is 2. The zero-order chi connectivity index (χ0) is 16.2. The molecule has 0 atom stereocenters. The van der Waals surface area contributed by atoms with E-state index in [-0.39, 0.29) is 18.2 Å². The summed E-state index contributed by atoms with van der Waals surface area (Å²) < 4.78 is 23.7. The molecule has 0 aliphatic rings. The highest BCUT2D eigenvalue weighted by Crippen LogP contribution is 2.27. The third-order valence-electron chi connectivity index (χ3n) is 3.40. The van der Waals surface area contributed by atoms with Crippen molar-refractivity contribution in [2.45, 2.75) is 0 Å². The van der Waals surface area contributed by atoms with Gasteiger partial charge in [-0.3, -0.25) is 4.99 Å². The van der Waals surface area contributed by atoms with E-state index in [2.05, 4.69) is 15.0 Å². The van der Waals surface area contributed by atoms with E-state index in [9.17, 15) is 4.39 Å². The number of ether oxygens (including phenoxy) is 2. The largest absolute Gasteiger partial charge is 0.494 e. The van der Waals surface area contributed by atoms with Gasteiger partial charge in [0.1, 0.15) is 5.75 Å². The molecule has 0 fully saturated rings. The number of rotatable bonds is 5. The van der Waals surface area contributed by atoms with E-state index in [1.54, 1.807) is 19.4 Å². The second kappa shape index (κ2) is 7.70. The number of H-pyrrole nitrogens is 2. The molecule has 3 aromatic rings. The quantitative estimate of drug-likeness (QED) is 0.673. The molecule has 0 unspecified atom stereocenters. The molecule has 0 saturated carbocycles. The Morgan fingerprint density at radius 3 is 2.50 bits per heavy atom. The second-order valence-corrected chi connectivity index (χ2v) is 4.83. The predicted molar refractivity (Wildman–Crippen MR) is 94.6 cm³/mol. The van der Waals surface area contributed by atoms with Crippen LogP contribution >= 0.6 is 12.4 Å². The number of hydrogen-bond donors (Lipinski definition) is 2. The Hall–Kier alpha value is -2.73. The lowest BCUT2D eigenvalue weighted by atomic mass is 10.3. The Balaban J connectivity index is 0.00000208. The molecule has 0 spiro atoms. The topological polar surface area (TPSA) is 62.4 Å². The molecule has 0 radical (unpaired) electrons. The monoisotopic (exact) mass is 349 g/mol. The fourth-order valence-corrected chi connectivity index (χ4v) is 2.23. The summed E-state index contributed by atoms with van der Waals surface area (Å²) in [5.74, 6) is 0.413. The third-order valence-corrected chi connectivity index (χ3v) is 3.40. The molecule has 24 heavy (non-hydrogen) atoms. The van der Waals surface area contributed by atoms with Crippen molar-refractivity contribution in [2.24, 2.45) is 4.99 Å². The first-order valence-corrected chi connectivity index (χ1v) is 6.99. The first kappa shape index (κ1) is 17.6. The van der Waals surface area contributed by atoms with Gasteiger partial charge < -0.3 is 19.4 Å². The van der Waals surface area contributed by atoms with E-state index in [1.165, 1.54) is 19.2 Å². The lowest BCUT2D eigenvalue weighted by Crippen LogP contribution is -1.89. The number of nitrogens with zero attached hydrogens (tertiary/aromatic N) is 1. The summed E-state index contributed by atoms with van der Waals surface area (Å²) >= 11 is 0. The maximum atomic E-state index is 13.4. The zero-order valence-electron chi connectivity index (χ0n) is 13.2. The van der Waals surface area contributed by atoms with E-state index >= 15 is 0 Å². The zero-order valence-corrected chi connectivity index (χ0v) is 14.0. The van der Waals surface area contributed by atoms with Gasteiger partial charge in [-0.1, -0.05) is 0 Å². The first-order valence-electron chi connectivity index (χ1n) is 6.99. The molecule has 1 aromatic carbocycles. The standard InChI is InChI=1S/C17H16FN3O2.ClH/c1-22-16-8-11(5-6-12(16)18)20-10-15-17(23-2)9-14(21-15)13-4-3-7-19-13;/h3-10,19,21H,1-2H3;1H. The van der Waals surface area contributed by atoms with Crippen LogP contribution in [0.15, 0.2) is 47.6 Å². The van der Waals surface area contributed by atoms with Crippen LogP contribution < -0.4 is 9.47 Å². The van der Waals surface area contributed by atoms with Crippen molar-refractivity contribution in [1.82, 2.24) is 9.97 Å². The van der Waals surface area contributed by atoms with Gasteiger partial charge in [0.2, 0.25) is 0 Å². The van der Waals surface area contributed by atoms with Crippen LogP contribution in [0.1, 0.15) is 5.69 Å². The molecule has 2 N–H and O–H groups in total. The fourth-order valence-electron chi connectivity index (χ4n) is 2.23. The lowest BCUT2D eigenvalue weighted by Gasteiger charge is -2.02. The normalized spacial score (nSPS) is 10.6. The number of aromatic amines is 2. The van der Waals surface area contributed by atoms with Gasteiger partial charge in [-0.25, -0.2) is 4.39 Å². The van der Waals surface area contributed by atoms with Gasteiger partial charge in [-0.2, -0.15) is 0 Å². The number of methoxy groups -OCH3 is 2. The highest BCUT2D eigenvalue weighted by molar-refractivity contribution is 5.86. The van der Waals surface area contributed by atoms with Gasteiger partial charge in [0.25, 0.3) is 0 Å². The Labute approximate surface area is 144 Å². The Morgan fingerprint density at radius 2 is 1.83 bits per heavy atom. The SMILES string of the molecule is COc1cc(N=Cc2[nH]c(-c3ccc[nH]3)cc2OC)ccc1F.Cl. The Kier molecular flexibility index (Phi) is 5.65. The minimum Gasteiger partial charge on any atom is -0.494 e. The maximum absolute atomic E-state index is 13.4. The van der Waals surface area contributed by atoms with Crippen LogP contribution in [-0.2, 0) is 0 Å². The third kappa shape index (κ3) is 3.60. The van der Waals surface area contributed by atoms with E-state index in [0.717, 1.165) is 17.1 Å². The van der Waals surface area contributed by atoms with Crippen molar-refractivity contribution in [1.29, 1.82) is 0 Å². The summed E-state index contributed by atoms with van der Waals surface area (Å²) in [5, 5.41) is 0. The van der Waals surface area contributed by atoms with Crippen LogP contribution in [0, 0.1) is 5.82 Å². The van der Waals surface area contributed by atoms with Gasteiger partial charge in [0, 0.05) is 18.3 Å². The molecule has 7 heteroatoms. The van der Waals surface area contributed by atoms with Crippen LogP contribution in [0.25, 0.3) is 11.4 Å². The summed E-state index contributed by atoms with van der Waals surface area (Å²) in [4.78, 5) is 10.7. The number of benzene rings is 1. The highest BCUT2D eigenvalue weighted by Gasteiger charge is 2.09. The van der Waals surface area contributed by atoms with Crippen LogP contribution in [0.5, 0.6) is 11.5 Å². The van der Waals surface area contributed by atoms with Crippen LogP contribution in [-0.4, -0.2) is 30.4 Å². The summed E-state index contributed by atoms with van der Waals surface area (Å²) in [6.07, 6.45) is 3.49. The molecule has 0 amide bonds. The fraction of sp³-hybridized carbons (Fsp3) is 0.118. The van der Waals surface area contributed by atoms with Gasteiger partial charge in [-0.15, -0.1) is 12.4 Å². The second-order valence-electron chi connectivity index (χ2n) is 4.83. The maximum Gasteiger partial charge on any atom is 0.165 e. The van der Waals surface area contributed by atoms with Gasteiger partial charge in [-0.05, 0) is 24.3 Å². The molecule has 0 aliphatic heterocycles. The summed E-state index contributed by atoms with van der Waals surface area (Å²) in [7, 11) is 3.02. The summed E-state index contributed by atoms with van der Waals surface area (Å²) in [5.41, 5.74) is 3.15. The summed E-state index contributed by atoms with van der Waals surface area (Å²) in [6, 6.07) is 10.2. The highest BCUT2D eigenvalue weighted by atomic mass is 35.5. The van der Waals surface area contributed by atoms with Crippen molar-refractivity contribution in [3.8, 4) is 22.9 Å². The Morgan fingerprint density at radius 1 is 1.04 bits per heavy atom. The van der Waals surface area contributed by atoms with Crippen molar-refractivity contribution in [3.63, 3.8) is 0 Å². The van der Waals surface area contributed by atoms with Crippen LogP contribution in [0.2, 0.25) is 0 Å². The van der Waals surface area contributed by atoms with E-state index < -0.39 is 5.82 Å². The molecular formula is C17H17ClFN3O2. The lowest BCUT2D eigenvalue weighted by molar-refractivity contribution is 0.387. The molecule has 5 nitrogen and oxygen atoms in total. The van der Waals surface area contributed by atoms with Crippen molar-refractivity contribution in [3.05, 3.63) is 54.1 Å². The van der Waals surface area contributed by atoms with Crippen LogP contribution in [0.4, 0.5) is 10.1 Å².